The molecule has 2 aromatic carbocycles. The van der Waals surface area contributed by atoms with Crippen LogP contribution in [0.25, 0.3) is 34.4 Å². The van der Waals surface area contributed by atoms with E-state index in [0.29, 0.717) is 43.1 Å². The number of nitrogens with zero attached hydrogens (tertiary/aromatic N) is 9. The Morgan fingerprint density at radius 2 is 1.16 bits per heavy atom. The molecule has 0 atom stereocenters. The molecule has 2 fully saturated rings. The Morgan fingerprint density at radius 3 is 1.59 bits per heavy atom. The molecule has 3 N–H and O–H groups in total. The molecule has 0 saturated carbocycles. The summed E-state index contributed by atoms with van der Waals surface area (Å²) in [6.07, 6.45) is 4.12. The van der Waals surface area contributed by atoms with Crippen LogP contribution in [-0.4, -0.2) is 97.3 Å². The van der Waals surface area contributed by atoms with E-state index in [1.54, 1.807) is 0 Å². The van der Waals surface area contributed by atoms with Crippen LogP contribution in [0.3, 0.4) is 0 Å². The van der Waals surface area contributed by atoms with Crippen molar-refractivity contribution in [2.45, 2.75) is 37.8 Å². The lowest BCUT2D eigenvalue weighted by Crippen LogP contribution is -2.41. The minimum atomic E-state index is -3.23. The van der Waals surface area contributed by atoms with Gasteiger partial charge in [-0.2, -0.15) is 0 Å². The van der Waals surface area contributed by atoms with Crippen LogP contribution in [0.2, 0.25) is 0 Å². The molecule has 2 aliphatic heterocycles. The lowest BCUT2D eigenvalue weighted by Gasteiger charge is -2.30. The highest BCUT2D eigenvalue weighted by Gasteiger charge is 2.29. The van der Waals surface area contributed by atoms with E-state index in [0.717, 1.165) is 30.5 Å². The lowest BCUT2D eigenvalue weighted by atomic mass is 10.1. The highest BCUT2D eigenvalue weighted by Crippen LogP contribution is 2.29. The molecule has 20 nitrogen and oxygen atoms in total. The molecule has 6 aromatic rings. The Labute approximate surface area is 330 Å². The number of hydrogen-bond acceptors (Lipinski definition) is 17. The van der Waals surface area contributed by atoms with E-state index in [2.05, 4.69) is 78.8 Å². The molecule has 0 spiro atoms. The summed E-state index contributed by atoms with van der Waals surface area (Å²) >= 11 is 6.19. The van der Waals surface area contributed by atoms with Gasteiger partial charge in [-0.05, 0) is 128 Å². The minimum Gasteiger partial charge on any atom is -0.362 e. The molecule has 4 aromatic heterocycles. The van der Waals surface area contributed by atoms with Gasteiger partial charge in [0.2, 0.25) is 33.3 Å². The second-order valence-corrected chi connectivity index (χ2v) is 16.3. The van der Waals surface area contributed by atoms with Gasteiger partial charge < -0.3 is 16.0 Å². The van der Waals surface area contributed by atoms with Gasteiger partial charge in [0.25, 0.3) is 0 Å². The second kappa shape index (κ2) is 16.5. The van der Waals surface area contributed by atoms with E-state index in [1.807, 2.05) is 0 Å². The number of nitrogens with one attached hydrogen (secondary N) is 3. The van der Waals surface area contributed by atoms with E-state index in [4.69, 9.17) is 18.3 Å². The Kier molecular flexibility index (Phi) is 11.6. The van der Waals surface area contributed by atoms with Gasteiger partial charge in [-0.25, -0.2) is 49.5 Å². The number of aromatic nitrogens is 8. The number of rotatable bonds is 9. The van der Waals surface area contributed by atoms with Gasteiger partial charge in [0.15, 0.2) is 11.4 Å². The maximum atomic E-state index is 13.6. The summed E-state index contributed by atoms with van der Waals surface area (Å²) in [5.41, 5.74) is 1.05. The standard InChI is InChI=1S/C16H16BrFN6O5S.C15H14BrFN6O3/c1-30(26,27)23-6-4-9(5-7-23)19-14-13(20-29-21-14)15-22-28-16(25)24(15)10-2-3-12(18)11(17)8-10;16-10-7-9(1-2-11(10)17)23-14(22-25-15(23)24)12-13(21-26-20-12)19-8-3-5-18-6-4-8/h2-3,8-9H,4-7H2,1H3,(H,19,21);1-2,7-8,18H,3-6H2,(H,19,21). The van der Waals surface area contributed by atoms with Crippen molar-refractivity contribution in [3.63, 3.8) is 0 Å². The fourth-order valence-electron chi connectivity index (χ4n) is 6.05. The summed E-state index contributed by atoms with van der Waals surface area (Å²) in [5, 5.41) is 32.6. The maximum Gasteiger partial charge on any atom is 0.446 e. The average Bonchev–Trinajstić information content (AvgIpc) is 3.99. The first-order chi connectivity index (χ1) is 26.9. The highest BCUT2D eigenvalue weighted by atomic mass is 79.9. The van der Waals surface area contributed by atoms with Crippen LogP contribution in [0.5, 0.6) is 0 Å². The van der Waals surface area contributed by atoms with Crippen LogP contribution in [0.15, 0.2) is 73.2 Å². The van der Waals surface area contributed by atoms with Crippen LogP contribution < -0.4 is 27.5 Å². The predicted octanol–water partition coefficient (Wildman–Crippen LogP) is 3.55. The van der Waals surface area contributed by atoms with Crippen molar-refractivity contribution in [1.29, 1.82) is 0 Å². The number of anilines is 2. The van der Waals surface area contributed by atoms with Crippen molar-refractivity contribution < 1.29 is 35.5 Å². The van der Waals surface area contributed by atoms with Gasteiger partial charge >= 0.3 is 11.5 Å². The zero-order valence-electron chi connectivity index (χ0n) is 29.0. The smallest absolute Gasteiger partial charge is 0.362 e. The summed E-state index contributed by atoms with van der Waals surface area (Å²) in [7, 11) is -3.23. The SMILES string of the molecule is CS(=O)(=O)N1CCC(Nc2nonc2-c2noc(=O)n2-c2ccc(F)c(Br)c2)CC1.O=c1onc(-c2nonc2NC2CCNCC2)n1-c1ccc(F)c(Br)c1. The Morgan fingerprint density at radius 1 is 0.714 bits per heavy atom. The fraction of sp³-hybridized carbons (Fsp3) is 0.355. The molecular formula is C31H30Br2F2N12O8S. The number of hydrogen-bond donors (Lipinski definition) is 3. The molecule has 56 heavy (non-hydrogen) atoms. The van der Waals surface area contributed by atoms with Crippen molar-refractivity contribution in [1.82, 2.24) is 49.7 Å². The van der Waals surface area contributed by atoms with Gasteiger partial charge in [0, 0.05) is 25.2 Å². The highest BCUT2D eigenvalue weighted by molar-refractivity contribution is 9.10. The molecule has 0 aliphatic carbocycles. The van der Waals surface area contributed by atoms with Crippen molar-refractivity contribution in [2.24, 2.45) is 0 Å². The quantitative estimate of drug-likeness (QED) is 0.188. The van der Waals surface area contributed by atoms with Crippen molar-refractivity contribution in [3.05, 3.63) is 78.1 Å². The topological polar surface area (TPSA) is 247 Å². The van der Waals surface area contributed by atoms with Gasteiger partial charge in [-0.3, -0.25) is 9.05 Å². The van der Waals surface area contributed by atoms with Gasteiger partial charge in [0.1, 0.15) is 11.6 Å². The van der Waals surface area contributed by atoms with E-state index in [1.165, 1.54) is 51.5 Å². The predicted molar refractivity (Wildman–Crippen MR) is 199 cm³/mol. The monoisotopic (exact) mass is 926 g/mol. The molecule has 0 unspecified atom stereocenters. The summed E-state index contributed by atoms with van der Waals surface area (Å²) < 4.78 is 73.7. The maximum absolute atomic E-state index is 13.6. The van der Waals surface area contributed by atoms with Crippen LogP contribution >= 0.6 is 31.9 Å². The van der Waals surface area contributed by atoms with Crippen molar-refractivity contribution in [2.75, 3.05) is 43.1 Å². The first kappa shape index (κ1) is 39.1. The molecule has 0 radical (unpaired) electrons. The molecule has 6 heterocycles. The molecule has 296 valence electrons. The van der Waals surface area contributed by atoms with Crippen LogP contribution in [0, 0.1) is 11.6 Å². The van der Waals surface area contributed by atoms with Gasteiger partial charge in [-0.15, -0.1) is 0 Å². The lowest BCUT2D eigenvalue weighted by molar-refractivity contribution is 0.306. The summed E-state index contributed by atoms with van der Waals surface area (Å²) in [5.74, 6) is -1.71. The minimum absolute atomic E-state index is 0.0239. The number of piperidine rings is 2. The van der Waals surface area contributed by atoms with E-state index >= 15 is 0 Å². The molecule has 2 saturated heterocycles. The van der Waals surface area contributed by atoms with Crippen LogP contribution in [0.4, 0.5) is 20.4 Å². The van der Waals surface area contributed by atoms with Crippen molar-refractivity contribution >= 4 is 53.5 Å². The van der Waals surface area contributed by atoms with E-state index in [9.17, 15) is 26.8 Å². The molecule has 0 bridgehead atoms. The third kappa shape index (κ3) is 8.49. The van der Waals surface area contributed by atoms with Crippen LogP contribution in [-0.2, 0) is 10.0 Å². The van der Waals surface area contributed by atoms with Gasteiger partial charge in [0.05, 0.1) is 26.6 Å². The number of halogens is 4. The molecular weight excluding hydrogens is 898 g/mol. The zero-order chi connectivity index (χ0) is 39.6. The number of benzene rings is 2. The molecule has 25 heteroatoms. The first-order valence-electron chi connectivity index (χ1n) is 16.8. The number of sulfonamides is 1. The summed E-state index contributed by atoms with van der Waals surface area (Å²) in [6.45, 7) is 2.54. The van der Waals surface area contributed by atoms with E-state index in [-0.39, 0.29) is 49.9 Å². The third-order valence-corrected chi connectivity index (χ3v) is 11.4. The van der Waals surface area contributed by atoms with Crippen molar-refractivity contribution in [3.8, 4) is 34.4 Å². The fourth-order valence-corrected chi connectivity index (χ4v) is 7.65. The summed E-state index contributed by atoms with van der Waals surface area (Å²) in [6, 6.07) is 8.23. The first-order valence-corrected chi connectivity index (χ1v) is 20.2. The second-order valence-electron chi connectivity index (χ2n) is 12.6. The normalized spacial score (nSPS) is 15.7. The Balaban J connectivity index is 0.000000173. The molecule has 0 amide bonds. The molecule has 2 aliphatic rings. The largest absolute Gasteiger partial charge is 0.446 e. The van der Waals surface area contributed by atoms with Crippen LogP contribution in [0.1, 0.15) is 25.7 Å². The Bertz CT molecular complexity index is 2560. The summed E-state index contributed by atoms with van der Waals surface area (Å²) in [4.78, 5) is 24.4. The van der Waals surface area contributed by atoms with E-state index < -0.39 is 33.2 Å². The molecule has 8 rings (SSSR count). The Hall–Kier alpha value is -5.11. The zero-order valence-corrected chi connectivity index (χ0v) is 33.0. The third-order valence-electron chi connectivity index (χ3n) is 8.88. The van der Waals surface area contributed by atoms with Gasteiger partial charge in [-0.1, -0.05) is 10.3 Å². The average molecular weight is 929 g/mol.